The van der Waals surface area contributed by atoms with Gasteiger partial charge in [-0.05, 0) is 69.7 Å². The Bertz CT molecular complexity index is 909. The van der Waals surface area contributed by atoms with E-state index in [0.29, 0.717) is 24.8 Å². The van der Waals surface area contributed by atoms with Crippen LogP contribution in [0.3, 0.4) is 0 Å². The van der Waals surface area contributed by atoms with E-state index in [0.717, 1.165) is 23.0 Å². The third-order valence-electron chi connectivity index (χ3n) is 6.45. The average molecular weight is 461 g/mol. The van der Waals surface area contributed by atoms with Crippen LogP contribution < -0.4 is 5.32 Å². The summed E-state index contributed by atoms with van der Waals surface area (Å²) in [4.78, 5) is 12.8. The first-order valence-corrected chi connectivity index (χ1v) is 12.6. The van der Waals surface area contributed by atoms with Gasteiger partial charge in [-0.25, -0.2) is 4.39 Å². The zero-order valence-electron chi connectivity index (χ0n) is 19.0. The van der Waals surface area contributed by atoms with Crippen molar-refractivity contribution in [3.63, 3.8) is 0 Å². The number of carbonyl (C=O) groups is 1. The largest absolute Gasteiger partial charge is 0.376 e. The normalized spacial score (nSPS) is 21.4. The van der Waals surface area contributed by atoms with Gasteiger partial charge in [0.15, 0.2) is 11.0 Å². The highest BCUT2D eigenvalue weighted by molar-refractivity contribution is 7.99. The summed E-state index contributed by atoms with van der Waals surface area (Å²) in [6.07, 6.45) is 7.89. The van der Waals surface area contributed by atoms with Crippen LogP contribution in [0.25, 0.3) is 5.69 Å². The SMILES string of the molecule is CC1(C)C[C@@H](C(=O)NCc2nnc(SCC3CCCCC3)n2-c2ccc(F)cc2)CCO1. The molecule has 8 heteroatoms. The van der Waals surface area contributed by atoms with E-state index < -0.39 is 0 Å². The van der Waals surface area contributed by atoms with Crippen molar-refractivity contribution in [2.24, 2.45) is 11.8 Å². The van der Waals surface area contributed by atoms with E-state index in [1.54, 1.807) is 23.9 Å². The van der Waals surface area contributed by atoms with Crippen LogP contribution in [0.4, 0.5) is 4.39 Å². The van der Waals surface area contributed by atoms with Crippen molar-refractivity contribution in [3.8, 4) is 5.69 Å². The van der Waals surface area contributed by atoms with Crippen LogP contribution in [0.5, 0.6) is 0 Å². The molecule has 6 nitrogen and oxygen atoms in total. The van der Waals surface area contributed by atoms with Crippen molar-refractivity contribution in [1.82, 2.24) is 20.1 Å². The number of ether oxygens (including phenoxy) is 1. The number of nitrogens with one attached hydrogen (secondary N) is 1. The molecule has 2 aromatic rings. The Kier molecular flexibility index (Phi) is 7.51. The average Bonchev–Trinajstić information content (AvgIpc) is 3.19. The molecule has 1 aromatic carbocycles. The minimum absolute atomic E-state index is 0.0199. The van der Waals surface area contributed by atoms with Crippen LogP contribution in [-0.2, 0) is 16.1 Å². The zero-order chi connectivity index (χ0) is 22.6. The van der Waals surface area contributed by atoms with Gasteiger partial charge >= 0.3 is 0 Å². The van der Waals surface area contributed by atoms with E-state index in [9.17, 15) is 9.18 Å². The fourth-order valence-corrected chi connectivity index (χ4v) is 5.83. The van der Waals surface area contributed by atoms with Gasteiger partial charge in [0.1, 0.15) is 5.82 Å². The fraction of sp³-hybridized carbons (Fsp3) is 0.625. The molecule has 1 aliphatic carbocycles. The molecular formula is C24H33FN4O2S. The molecule has 1 amide bonds. The molecule has 32 heavy (non-hydrogen) atoms. The van der Waals surface area contributed by atoms with Crippen LogP contribution in [-0.4, -0.2) is 38.6 Å². The summed E-state index contributed by atoms with van der Waals surface area (Å²) in [6, 6.07) is 6.35. The molecular weight excluding hydrogens is 427 g/mol. The van der Waals surface area contributed by atoms with Crippen molar-refractivity contribution in [2.75, 3.05) is 12.4 Å². The van der Waals surface area contributed by atoms with E-state index >= 15 is 0 Å². The van der Waals surface area contributed by atoms with Crippen LogP contribution in [0.15, 0.2) is 29.4 Å². The highest BCUT2D eigenvalue weighted by Gasteiger charge is 2.33. The topological polar surface area (TPSA) is 69.0 Å². The van der Waals surface area contributed by atoms with Gasteiger partial charge in [0.05, 0.1) is 12.1 Å². The first-order valence-electron chi connectivity index (χ1n) is 11.7. The molecule has 1 aromatic heterocycles. The van der Waals surface area contributed by atoms with Crippen molar-refractivity contribution < 1.29 is 13.9 Å². The van der Waals surface area contributed by atoms with Gasteiger partial charge in [0.2, 0.25) is 5.91 Å². The number of halogens is 1. The van der Waals surface area contributed by atoms with Crippen molar-refractivity contribution in [3.05, 3.63) is 35.9 Å². The second kappa shape index (κ2) is 10.3. The van der Waals surface area contributed by atoms with Gasteiger partial charge in [-0.2, -0.15) is 0 Å². The van der Waals surface area contributed by atoms with Gasteiger partial charge in [0.25, 0.3) is 0 Å². The minimum atomic E-state index is -0.282. The molecule has 1 saturated heterocycles. The molecule has 0 spiro atoms. The van der Waals surface area contributed by atoms with Crippen LogP contribution >= 0.6 is 11.8 Å². The number of thioether (sulfide) groups is 1. The maximum Gasteiger partial charge on any atom is 0.223 e. The Morgan fingerprint density at radius 1 is 1.19 bits per heavy atom. The number of amides is 1. The molecule has 1 N–H and O–H groups in total. The number of rotatable bonds is 7. The molecule has 2 aliphatic rings. The summed E-state index contributed by atoms with van der Waals surface area (Å²) >= 11 is 1.70. The molecule has 4 rings (SSSR count). The molecule has 2 fully saturated rings. The second-order valence-electron chi connectivity index (χ2n) is 9.54. The van der Waals surface area contributed by atoms with E-state index in [1.807, 2.05) is 18.4 Å². The number of hydrogen-bond acceptors (Lipinski definition) is 5. The maximum atomic E-state index is 13.5. The lowest BCUT2D eigenvalue weighted by Gasteiger charge is -2.34. The lowest BCUT2D eigenvalue weighted by Crippen LogP contribution is -2.41. The molecule has 0 radical (unpaired) electrons. The second-order valence-corrected chi connectivity index (χ2v) is 10.5. The standard InChI is InChI=1S/C24H33FN4O2S/c1-24(2)14-18(12-13-31-24)22(30)26-15-21-27-28-23(32-16-17-6-4-3-5-7-17)29(21)20-10-8-19(25)9-11-20/h8-11,17-18H,3-7,12-16H2,1-2H3,(H,26,30)/t18-/m0/s1. The Hall–Kier alpha value is -1.93. The van der Waals surface area contributed by atoms with E-state index in [4.69, 9.17) is 4.74 Å². The number of benzene rings is 1. The highest BCUT2D eigenvalue weighted by atomic mass is 32.2. The van der Waals surface area contributed by atoms with Gasteiger partial charge in [-0.15, -0.1) is 10.2 Å². The minimum Gasteiger partial charge on any atom is -0.376 e. The van der Waals surface area contributed by atoms with Gasteiger partial charge < -0.3 is 10.1 Å². The molecule has 1 aliphatic heterocycles. The van der Waals surface area contributed by atoms with E-state index in [2.05, 4.69) is 15.5 Å². The first kappa shape index (κ1) is 23.2. The summed E-state index contributed by atoms with van der Waals surface area (Å²) in [5.74, 6) is 2.03. The third-order valence-corrected chi connectivity index (χ3v) is 7.61. The summed E-state index contributed by atoms with van der Waals surface area (Å²) in [5, 5.41) is 12.6. The molecule has 2 heterocycles. The van der Waals surface area contributed by atoms with E-state index in [1.165, 1.54) is 44.2 Å². The Labute approximate surface area is 193 Å². The monoisotopic (exact) mass is 460 g/mol. The molecule has 0 bridgehead atoms. The van der Waals surface area contributed by atoms with Crippen molar-refractivity contribution >= 4 is 17.7 Å². The predicted molar refractivity (Wildman–Crippen MR) is 123 cm³/mol. The number of aromatic nitrogens is 3. The molecule has 1 saturated carbocycles. The summed E-state index contributed by atoms with van der Waals surface area (Å²) in [7, 11) is 0. The lowest BCUT2D eigenvalue weighted by atomic mass is 9.88. The Morgan fingerprint density at radius 2 is 1.94 bits per heavy atom. The van der Waals surface area contributed by atoms with Crippen molar-refractivity contribution in [1.29, 1.82) is 0 Å². The van der Waals surface area contributed by atoms with Gasteiger partial charge in [0, 0.05) is 24.0 Å². The number of hydrogen-bond donors (Lipinski definition) is 1. The summed E-state index contributed by atoms with van der Waals surface area (Å²) in [6.45, 7) is 4.92. The summed E-state index contributed by atoms with van der Waals surface area (Å²) < 4.78 is 21.2. The van der Waals surface area contributed by atoms with Crippen LogP contribution in [0, 0.1) is 17.7 Å². The highest BCUT2D eigenvalue weighted by Crippen LogP contribution is 2.31. The lowest BCUT2D eigenvalue weighted by molar-refractivity contribution is -0.135. The zero-order valence-corrected chi connectivity index (χ0v) is 19.8. The fourth-order valence-electron chi connectivity index (χ4n) is 4.67. The predicted octanol–water partition coefficient (Wildman–Crippen LogP) is 4.90. The van der Waals surface area contributed by atoms with Gasteiger partial charge in [-0.3, -0.25) is 9.36 Å². The maximum absolute atomic E-state index is 13.5. The van der Waals surface area contributed by atoms with Crippen molar-refractivity contribution in [2.45, 2.75) is 76.1 Å². The first-order chi connectivity index (χ1) is 15.4. The van der Waals surface area contributed by atoms with Gasteiger partial charge in [-0.1, -0.05) is 31.0 Å². The quantitative estimate of drug-likeness (QED) is 0.595. The molecule has 0 unspecified atom stereocenters. The van der Waals surface area contributed by atoms with Crippen LogP contribution in [0.2, 0.25) is 0 Å². The smallest absolute Gasteiger partial charge is 0.223 e. The molecule has 174 valence electrons. The molecule has 1 atom stereocenters. The van der Waals surface area contributed by atoms with E-state index in [-0.39, 0.29) is 29.8 Å². The summed E-state index contributed by atoms with van der Waals surface area (Å²) in [5.41, 5.74) is 0.524. The third kappa shape index (κ3) is 5.90. The Balaban J connectivity index is 1.47. The Morgan fingerprint density at radius 3 is 2.66 bits per heavy atom. The number of nitrogens with zero attached hydrogens (tertiary/aromatic N) is 3. The van der Waals surface area contributed by atoms with Crippen LogP contribution in [0.1, 0.15) is 64.6 Å². The number of carbonyl (C=O) groups excluding carboxylic acids is 1.